The highest BCUT2D eigenvalue weighted by Crippen LogP contribution is 2.42. The normalized spacial score (nSPS) is 30.7. The maximum absolute atomic E-state index is 13.0. The summed E-state index contributed by atoms with van der Waals surface area (Å²) < 4.78 is 5.43. The number of aliphatic hydroxyl groups is 1. The summed E-state index contributed by atoms with van der Waals surface area (Å²) in [6.07, 6.45) is 11.1. The van der Waals surface area contributed by atoms with Gasteiger partial charge in [0, 0.05) is 5.41 Å². The molecule has 1 heterocycles. The van der Waals surface area contributed by atoms with Gasteiger partial charge in [0.25, 0.3) is 0 Å². The Morgan fingerprint density at radius 1 is 1.19 bits per heavy atom. The van der Waals surface area contributed by atoms with E-state index in [4.69, 9.17) is 4.74 Å². The quantitative estimate of drug-likeness (QED) is 0.264. The first-order chi connectivity index (χ1) is 14.8. The van der Waals surface area contributed by atoms with Crippen molar-refractivity contribution in [2.45, 2.75) is 82.8 Å². The maximum Gasteiger partial charge on any atom is 0.338 e. The van der Waals surface area contributed by atoms with E-state index in [0.717, 1.165) is 18.4 Å². The molecule has 2 bridgehead atoms. The van der Waals surface area contributed by atoms with Crippen LogP contribution in [0.25, 0.3) is 0 Å². The number of phenols is 1. The third-order valence-electron chi connectivity index (χ3n) is 6.74. The molecule has 5 heteroatoms. The van der Waals surface area contributed by atoms with Gasteiger partial charge in [0.15, 0.2) is 0 Å². The van der Waals surface area contributed by atoms with Gasteiger partial charge in [-0.2, -0.15) is 0 Å². The number of alkyl halides is 1. The van der Waals surface area contributed by atoms with Crippen LogP contribution >= 0.6 is 15.9 Å². The highest BCUT2D eigenvalue weighted by atomic mass is 79.9. The number of hydrogen-bond acceptors (Lipinski definition) is 4. The van der Waals surface area contributed by atoms with Crippen molar-refractivity contribution in [3.8, 4) is 5.75 Å². The fourth-order valence-corrected chi connectivity index (χ4v) is 4.92. The number of carbonyl (C=O) groups excluding carboxylic acids is 1. The van der Waals surface area contributed by atoms with Crippen LogP contribution in [0, 0.1) is 5.41 Å². The van der Waals surface area contributed by atoms with E-state index in [1.165, 1.54) is 11.1 Å². The lowest BCUT2D eigenvalue weighted by Crippen LogP contribution is -2.36. The number of esters is 1. The van der Waals surface area contributed by atoms with Gasteiger partial charge in [-0.15, -0.1) is 0 Å². The van der Waals surface area contributed by atoms with Gasteiger partial charge in [0.2, 0.25) is 0 Å². The second kappa shape index (κ2) is 9.18. The van der Waals surface area contributed by atoms with Crippen LogP contribution in [0.15, 0.2) is 53.6 Å². The number of allylic oxidation sites excluding steroid dienone is 5. The summed E-state index contributed by atoms with van der Waals surface area (Å²) in [7, 11) is 0. The molecule has 3 atom stereocenters. The number of halogens is 1. The molecule has 1 aliphatic carbocycles. The fraction of sp³-hybridized carbons (Fsp3) is 0.519. The molecule has 32 heavy (non-hydrogen) atoms. The first-order valence-corrected chi connectivity index (χ1v) is 12.1. The summed E-state index contributed by atoms with van der Waals surface area (Å²) >= 11 is 3.64. The van der Waals surface area contributed by atoms with E-state index in [2.05, 4.69) is 48.0 Å². The molecule has 0 aromatic heterocycles. The van der Waals surface area contributed by atoms with E-state index in [1.54, 1.807) is 25.1 Å². The zero-order valence-electron chi connectivity index (χ0n) is 19.7. The number of ether oxygens (including phenoxy) is 1. The lowest BCUT2D eigenvalue weighted by atomic mass is 9.71. The van der Waals surface area contributed by atoms with Gasteiger partial charge >= 0.3 is 5.97 Å². The molecule has 1 aliphatic heterocycles. The summed E-state index contributed by atoms with van der Waals surface area (Å²) in [4.78, 5) is 13.0. The van der Waals surface area contributed by atoms with Crippen LogP contribution in [0.1, 0.15) is 76.2 Å². The van der Waals surface area contributed by atoms with Crippen molar-refractivity contribution in [1.29, 1.82) is 0 Å². The number of benzene rings is 1. The second-order valence-corrected chi connectivity index (χ2v) is 12.3. The number of carbonyl (C=O) groups is 1. The predicted octanol–water partition coefficient (Wildman–Crippen LogP) is 6.41. The number of fused-ring (bicyclic) bond motifs is 3. The van der Waals surface area contributed by atoms with Crippen LogP contribution in [0.4, 0.5) is 0 Å². The van der Waals surface area contributed by atoms with Gasteiger partial charge in [-0.3, -0.25) is 0 Å². The van der Waals surface area contributed by atoms with E-state index >= 15 is 0 Å². The molecule has 3 rings (SSSR count). The van der Waals surface area contributed by atoms with Crippen LogP contribution in [-0.2, 0) is 11.2 Å². The SMILES string of the molecule is CC1=C2Cc3cc(ccc3O)C(=O)O[C@H](C(C)(C)Br)CC[C@](C)(O)/C=C\C[C@]2(C)C=CC1. The van der Waals surface area contributed by atoms with E-state index in [0.29, 0.717) is 24.8 Å². The van der Waals surface area contributed by atoms with E-state index < -0.39 is 22.0 Å². The summed E-state index contributed by atoms with van der Waals surface area (Å²) in [6.45, 7) is 10.0. The topological polar surface area (TPSA) is 66.8 Å². The Hall–Kier alpha value is -1.85. The number of phenolic OH excluding ortho intramolecular Hbond substituents is 1. The van der Waals surface area contributed by atoms with Crippen molar-refractivity contribution in [2.75, 3.05) is 0 Å². The zero-order chi connectivity index (χ0) is 23.7. The van der Waals surface area contributed by atoms with Crippen molar-refractivity contribution >= 4 is 21.9 Å². The van der Waals surface area contributed by atoms with E-state index in [1.807, 2.05) is 19.9 Å². The Morgan fingerprint density at radius 3 is 2.59 bits per heavy atom. The molecule has 174 valence electrons. The van der Waals surface area contributed by atoms with Crippen molar-refractivity contribution in [2.24, 2.45) is 5.41 Å². The molecular weight excluding hydrogens is 468 g/mol. The Kier molecular flexibility index (Phi) is 7.11. The number of cyclic esters (lactones) is 1. The molecule has 2 N–H and O–H groups in total. The standard InChI is InChI=1S/C27H35BrO4/c1-18-8-6-12-26(4)13-7-14-27(5,31)15-11-23(25(2,3)28)32-24(30)19-9-10-22(29)20(16-19)17-21(18)26/h6-7,9-10,12,14,16,23,29,31H,8,11,13,15,17H2,1-5H3/b14-7-/t23-,26-,27+/m0/s1. The Labute approximate surface area is 200 Å². The highest BCUT2D eigenvalue weighted by Gasteiger charge is 2.34. The van der Waals surface area contributed by atoms with Crippen LogP contribution in [0.3, 0.4) is 0 Å². The number of aromatic hydroxyl groups is 1. The summed E-state index contributed by atoms with van der Waals surface area (Å²) in [5.74, 6) is -0.246. The van der Waals surface area contributed by atoms with Gasteiger partial charge in [-0.1, -0.05) is 58.3 Å². The third-order valence-corrected chi connectivity index (χ3v) is 7.25. The van der Waals surface area contributed by atoms with Crippen LogP contribution in [-0.4, -0.2) is 32.2 Å². The second-order valence-electron chi connectivity index (χ2n) is 10.3. The van der Waals surface area contributed by atoms with Crippen molar-refractivity contribution in [3.05, 3.63) is 64.8 Å². The van der Waals surface area contributed by atoms with Crippen molar-refractivity contribution in [1.82, 2.24) is 0 Å². The molecule has 1 aromatic carbocycles. The molecule has 0 fully saturated rings. The minimum atomic E-state index is -1.01. The van der Waals surface area contributed by atoms with Gasteiger partial charge in [-0.05, 0) is 83.6 Å². The Morgan fingerprint density at radius 2 is 1.91 bits per heavy atom. The third kappa shape index (κ3) is 5.74. The summed E-state index contributed by atoms with van der Waals surface area (Å²) in [5.41, 5.74) is 2.42. The highest BCUT2D eigenvalue weighted by molar-refractivity contribution is 9.10. The minimum absolute atomic E-state index is 0.180. The molecule has 0 radical (unpaired) electrons. The van der Waals surface area contributed by atoms with Gasteiger partial charge in [0.1, 0.15) is 11.9 Å². The lowest BCUT2D eigenvalue weighted by molar-refractivity contribution is 0.0118. The first kappa shape index (κ1) is 24.8. The Bertz CT molecular complexity index is 964. The van der Waals surface area contributed by atoms with Crippen LogP contribution < -0.4 is 0 Å². The zero-order valence-corrected chi connectivity index (χ0v) is 21.3. The van der Waals surface area contributed by atoms with Crippen molar-refractivity contribution in [3.63, 3.8) is 0 Å². The molecule has 0 spiro atoms. The van der Waals surface area contributed by atoms with E-state index in [9.17, 15) is 15.0 Å². The molecule has 1 aromatic rings. The minimum Gasteiger partial charge on any atom is -0.508 e. The van der Waals surface area contributed by atoms with Crippen LogP contribution in [0.5, 0.6) is 5.75 Å². The lowest BCUT2D eigenvalue weighted by Gasteiger charge is -2.34. The molecule has 0 unspecified atom stereocenters. The molecule has 2 aliphatic rings. The summed E-state index contributed by atoms with van der Waals surface area (Å²) in [6, 6.07) is 4.94. The summed E-state index contributed by atoms with van der Waals surface area (Å²) in [5, 5.41) is 21.5. The number of hydrogen-bond donors (Lipinski definition) is 2. The van der Waals surface area contributed by atoms with E-state index in [-0.39, 0.29) is 11.2 Å². The maximum atomic E-state index is 13.0. The predicted molar refractivity (Wildman–Crippen MR) is 132 cm³/mol. The molecule has 0 saturated carbocycles. The molecular formula is C27H35BrO4. The molecule has 0 saturated heterocycles. The average Bonchev–Trinajstić information content (AvgIpc) is 2.67. The van der Waals surface area contributed by atoms with Gasteiger partial charge in [-0.25, -0.2) is 4.79 Å². The van der Waals surface area contributed by atoms with Gasteiger partial charge in [0.05, 0.1) is 15.5 Å². The van der Waals surface area contributed by atoms with Gasteiger partial charge < -0.3 is 14.9 Å². The van der Waals surface area contributed by atoms with Crippen LogP contribution in [0.2, 0.25) is 0 Å². The monoisotopic (exact) mass is 502 g/mol. The van der Waals surface area contributed by atoms with Crippen molar-refractivity contribution < 1.29 is 19.7 Å². The number of rotatable bonds is 1. The largest absolute Gasteiger partial charge is 0.508 e. The fourth-order valence-electron chi connectivity index (χ4n) is 4.60. The smallest absolute Gasteiger partial charge is 0.338 e. The molecule has 0 amide bonds. The molecule has 4 nitrogen and oxygen atoms in total. The average molecular weight is 503 g/mol. The Balaban J connectivity index is 2.08. The first-order valence-electron chi connectivity index (χ1n) is 11.3.